The molecular weight excluding hydrogens is 222 g/mol. The van der Waals surface area contributed by atoms with Crippen molar-refractivity contribution >= 4 is 5.91 Å². The molecule has 0 saturated heterocycles. The van der Waals surface area contributed by atoms with Gasteiger partial charge < -0.3 is 4.90 Å². The van der Waals surface area contributed by atoms with Crippen molar-refractivity contribution in [1.82, 2.24) is 4.90 Å². The molecule has 0 bridgehead atoms. The highest BCUT2D eigenvalue weighted by Gasteiger charge is 2.25. The van der Waals surface area contributed by atoms with Crippen LogP contribution in [-0.2, 0) is 4.79 Å². The van der Waals surface area contributed by atoms with Crippen molar-refractivity contribution in [2.75, 3.05) is 7.05 Å². The Morgan fingerprint density at radius 2 is 1.67 bits per heavy atom. The van der Waals surface area contributed by atoms with Gasteiger partial charge in [0, 0.05) is 19.5 Å². The first kappa shape index (κ1) is 13.9. The fourth-order valence-corrected chi connectivity index (χ4v) is 3.64. The van der Waals surface area contributed by atoms with Crippen LogP contribution in [0.25, 0.3) is 0 Å². The molecule has 0 aromatic carbocycles. The van der Waals surface area contributed by atoms with Crippen LogP contribution in [0.1, 0.15) is 71.1 Å². The summed E-state index contributed by atoms with van der Waals surface area (Å²) in [6.07, 6.45) is 12.4. The highest BCUT2D eigenvalue weighted by molar-refractivity contribution is 5.76. The van der Waals surface area contributed by atoms with E-state index in [1.807, 2.05) is 7.05 Å². The second-order valence-corrected chi connectivity index (χ2v) is 6.61. The van der Waals surface area contributed by atoms with E-state index in [0.29, 0.717) is 11.9 Å². The molecule has 0 aromatic heterocycles. The minimum atomic E-state index is 0.390. The van der Waals surface area contributed by atoms with Gasteiger partial charge in [0.05, 0.1) is 0 Å². The number of hydrogen-bond donors (Lipinski definition) is 0. The molecular formula is C16H29NO. The van der Waals surface area contributed by atoms with Crippen molar-refractivity contribution in [3.63, 3.8) is 0 Å². The van der Waals surface area contributed by atoms with Crippen molar-refractivity contribution < 1.29 is 4.79 Å². The van der Waals surface area contributed by atoms with Crippen LogP contribution in [-0.4, -0.2) is 23.9 Å². The van der Waals surface area contributed by atoms with Gasteiger partial charge in [0.25, 0.3) is 0 Å². The van der Waals surface area contributed by atoms with Crippen LogP contribution in [0.15, 0.2) is 0 Å². The molecule has 1 amide bonds. The molecule has 0 radical (unpaired) electrons. The minimum Gasteiger partial charge on any atom is -0.343 e. The quantitative estimate of drug-likeness (QED) is 0.739. The van der Waals surface area contributed by atoms with E-state index < -0.39 is 0 Å². The first-order chi connectivity index (χ1) is 8.66. The topological polar surface area (TPSA) is 20.3 Å². The Morgan fingerprint density at radius 1 is 1.06 bits per heavy atom. The second-order valence-electron chi connectivity index (χ2n) is 6.61. The standard InChI is InChI=1S/C16H29NO/c1-13-7-10-15(11-8-13)17(2)16(18)12-9-14-5-3-4-6-14/h13-15H,3-12H2,1-2H3. The summed E-state index contributed by atoms with van der Waals surface area (Å²) in [5.41, 5.74) is 0. The third-order valence-corrected chi connectivity index (χ3v) is 5.17. The first-order valence-electron chi connectivity index (χ1n) is 7.92. The van der Waals surface area contributed by atoms with E-state index in [9.17, 15) is 4.79 Å². The van der Waals surface area contributed by atoms with Gasteiger partial charge in [-0.2, -0.15) is 0 Å². The molecule has 18 heavy (non-hydrogen) atoms. The van der Waals surface area contributed by atoms with Gasteiger partial charge in [0.2, 0.25) is 5.91 Å². The van der Waals surface area contributed by atoms with Crippen molar-refractivity contribution in [3.8, 4) is 0 Å². The molecule has 104 valence electrons. The van der Waals surface area contributed by atoms with Crippen LogP contribution in [0.5, 0.6) is 0 Å². The van der Waals surface area contributed by atoms with Gasteiger partial charge in [-0.3, -0.25) is 4.79 Å². The first-order valence-corrected chi connectivity index (χ1v) is 7.92. The third kappa shape index (κ3) is 3.73. The summed E-state index contributed by atoms with van der Waals surface area (Å²) in [6, 6.07) is 0.525. The monoisotopic (exact) mass is 251 g/mol. The third-order valence-electron chi connectivity index (χ3n) is 5.17. The van der Waals surface area contributed by atoms with Crippen molar-refractivity contribution in [2.45, 2.75) is 77.2 Å². The van der Waals surface area contributed by atoms with Crippen molar-refractivity contribution in [1.29, 1.82) is 0 Å². The molecule has 0 N–H and O–H groups in total. The lowest BCUT2D eigenvalue weighted by Crippen LogP contribution is -2.39. The SMILES string of the molecule is CC1CCC(N(C)C(=O)CCC2CCCC2)CC1. The molecule has 0 unspecified atom stereocenters. The Balaban J connectivity index is 1.70. The fourth-order valence-electron chi connectivity index (χ4n) is 3.64. The number of carbonyl (C=O) groups is 1. The molecule has 2 rings (SSSR count). The van der Waals surface area contributed by atoms with Crippen LogP contribution in [0, 0.1) is 11.8 Å². The van der Waals surface area contributed by atoms with E-state index in [4.69, 9.17) is 0 Å². The number of amides is 1. The van der Waals surface area contributed by atoms with Crippen molar-refractivity contribution in [3.05, 3.63) is 0 Å². The molecule has 2 saturated carbocycles. The maximum absolute atomic E-state index is 12.2. The number of nitrogens with zero attached hydrogens (tertiary/aromatic N) is 1. The summed E-state index contributed by atoms with van der Waals surface area (Å²) in [7, 11) is 2.03. The van der Waals surface area contributed by atoms with Crippen LogP contribution in [0.2, 0.25) is 0 Å². The highest BCUT2D eigenvalue weighted by atomic mass is 16.2. The largest absolute Gasteiger partial charge is 0.343 e. The second kappa shape index (κ2) is 6.58. The molecule has 2 heteroatoms. The number of rotatable bonds is 4. The Labute approximate surface area is 112 Å². The molecule has 2 aliphatic carbocycles. The molecule has 0 heterocycles. The van der Waals surface area contributed by atoms with Crippen LogP contribution in [0.4, 0.5) is 0 Å². The summed E-state index contributed by atoms with van der Waals surface area (Å²) in [6.45, 7) is 2.33. The molecule has 0 spiro atoms. The zero-order valence-corrected chi connectivity index (χ0v) is 12.2. The van der Waals surface area contributed by atoms with E-state index in [1.165, 1.54) is 51.4 Å². The van der Waals surface area contributed by atoms with Gasteiger partial charge in [-0.25, -0.2) is 0 Å². The van der Waals surface area contributed by atoms with Gasteiger partial charge >= 0.3 is 0 Å². The molecule has 2 fully saturated rings. The van der Waals surface area contributed by atoms with Gasteiger partial charge in [0.15, 0.2) is 0 Å². The van der Waals surface area contributed by atoms with Gasteiger partial charge in [-0.1, -0.05) is 32.6 Å². The van der Waals surface area contributed by atoms with Gasteiger partial charge in [0.1, 0.15) is 0 Å². The van der Waals surface area contributed by atoms with E-state index in [0.717, 1.165) is 24.7 Å². The summed E-state index contributed by atoms with van der Waals surface area (Å²) in [5.74, 6) is 2.10. The Morgan fingerprint density at radius 3 is 2.28 bits per heavy atom. The van der Waals surface area contributed by atoms with Gasteiger partial charge in [-0.05, 0) is 43.9 Å². The van der Waals surface area contributed by atoms with Crippen LogP contribution >= 0.6 is 0 Å². The molecule has 2 nitrogen and oxygen atoms in total. The minimum absolute atomic E-state index is 0.390. The summed E-state index contributed by atoms with van der Waals surface area (Å²) in [4.78, 5) is 14.3. The fraction of sp³-hybridized carbons (Fsp3) is 0.938. The molecule has 0 aliphatic heterocycles. The average Bonchev–Trinajstić information content (AvgIpc) is 2.89. The van der Waals surface area contributed by atoms with E-state index in [2.05, 4.69) is 11.8 Å². The van der Waals surface area contributed by atoms with Crippen molar-refractivity contribution in [2.24, 2.45) is 11.8 Å². The van der Waals surface area contributed by atoms with E-state index >= 15 is 0 Å². The predicted octanol–water partition coefficient (Wildman–Crippen LogP) is 3.99. The maximum Gasteiger partial charge on any atom is 0.222 e. The van der Waals surface area contributed by atoms with Crippen LogP contribution < -0.4 is 0 Å². The molecule has 0 atom stereocenters. The van der Waals surface area contributed by atoms with Gasteiger partial charge in [-0.15, -0.1) is 0 Å². The lowest BCUT2D eigenvalue weighted by molar-refractivity contribution is -0.133. The number of hydrogen-bond acceptors (Lipinski definition) is 1. The van der Waals surface area contributed by atoms with E-state index in [-0.39, 0.29) is 0 Å². The zero-order valence-electron chi connectivity index (χ0n) is 12.2. The summed E-state index contributed by atoms with van der Waals surface area (Å²) < 4.78 is 0. The highest BCUT2D eigenvalue weighted by Crippen LogP contribution is 2.30. The summed E-state index contributed by atoms with van der Waals surface area (Å²) >= 11 is 0. The maximum atomic E-state index is 12.2. The lowest BCUT2D eigenvalue weighted by atomic mass is 9.86. The van der Waals surface area contributed by atoms with Crippen LogP contribution in [0.3, 0.4) is 0 Å². The molecule has 0 aromatic rings. The normalized spacial score (nSPS) is 29.4. The Kier molecular flexibility index (Phi) is 5.08. The summed E-state index contributed by atoms with van der Waals surface area (Å²) in [5, 5.41) is 0. The number of carbonyl (C=O) groups excluding carboxylic acids is 1. The molecule has 2 aliphatic rings. The lowest BCUT2D eigenvalue weighted by Gasteiger charge is -2.33. The average molecular weight is 251 g/mol. The smallest absolute Gasteiger partial charge is 0.222 e. The predicted molar refractivity (Wildman–Crippen MR) is 75.4 cm³/mol. The Hall–Kier alpha value is -0.530. The van der Waals surface area contributed by atoms with E-state index in [1.54, 1.807) is 0 Å². The Bertz CT molecular complexity index is 262. The zero-order chi connectivity index (χ0) is 13.0.